The van der Waals surface area contributed by atoms with Gasteiger partial charge in [0.2, 0.25) is 11.6 Å². The molecule has 1 fully saturated rings. The van der Waals surface area contributed by atoms with Gasteiger partial charge in [-0.05, 0) is 45.7 Å². The van der Waals surface area contributed by atoms with Crippen molar-refractivity contribution in [3.63, 3.8) is 0 Å². The van der Waals surface area contributed by atoms with Gasteiger partial charge in [-0.3, -0.25) is 4.90 Å². The van der Waals surface area contributed by atoms with E-state index in [0.717, 1.165) is 13.8 Å². The average molecular weight is 615 g/mol. The zero-order valence-electron chi connectivity index (χ0n) is 27.0. The number of imidazole rings is 1. The number of fused-ring (bicyclic) bond motifs is 1. The fourth-order valence-corrected chi connectivity index (χ4v) is 3.59. The van der Waals surface area contributed by atoms with Crippen LogP contribution in [-0.4, -0.2) is 53.7 Å². The second-order valence-corrected chi connectivity index (χ2v) is 11.3. The molecule has 2 amide bonds. The van der Waals surface area contributed by atoms with Crippen molar-refractivity contribution < 1.29 is 27.5 Å². The molecule has 1 atom stereocenters. The molecule has 1 unspecified atom stereocenters. The second-order valence-electron chi connectivity index (χ2n) is 11.3. The largest absolute Gasteiger partial charge is 0.366 e. The normalized spacial score (nSPS) is 18.7. The molecule has 0 radical (unpaired) electrons. The average Bonchev–Trinajstić information content (AvgIpc) is 3.36. The maximum absolute atomic E-state index is 14.6. The van der Waals surface area contributed by atoms with Crippen molar-refractivity contribution >= 4 is 11.7 Å². The van der Waals surface area contributed by atoms with Crippen molar-refractivity contribution in [2.75, 3.05) is 0 Å². The van der Waals surface area contributed by atoms with Gasteiger partial charge in [0.15, 0.2) is 5.65 Å². The molecule has 3 rings (SSSR count). The van der Waals surface area contributed by atoms with Gasteiger partial charge in [-0.15, -0.1) is 25.7 Å². The Bertz CT molecular complexity index is 1160. The third-order valence-electron chi connectivity index (χ3n) is 7.33. The molecule has 12 heteroatoms. The number of aromatic nitrogens is 3. The molecule has 244 valence electrons. The minimum Gasteiger partial charge on any atom is -0.366 e. The van der Waals surface area contributed by atoms with E-state index in [0.29, 0.717) is 28.2 Å². The van der Waals surface area contributed by atoms with E-state index in [2.05, 4.69) is 54.9 Å². The number of hydrogen-bond donors (Lipinski definition) is 3. The lowest BCUT2D eigenvalue weighted by atomic mass is 9.84. The van der Waals surface area contributed by atoms with Gasteiger partial charge >= 0.3 is 12.0 Å². The third kappa shape index (κ3) is 10.4. The summed E-state index contributed by atoms with van der Waals surface area (Å²) in [6.07, 6.45) is 23.7. The Hall–Kier alpha value is -3.35. The van der Waals surface area contributed by atoms with Crippen LogP contribution in [0.1, 0.15) is 99.3 Å². The number of hydrogen-bond acceptors (Lipinski definition) is 5. The zero-order valence-corrected chi connectivity index (χ0v) is 27.0. The Labute approximate surface area is 254 Å². The summed E-state index contributed by atoms with van der Waals surface area (Å²) < 4.78 is 55.8. The maximum Gasteiger partial charge on any atom is 0.320 e. The Morgan fingerprint density at radius 3 is 1.93 bits per heavy atom. The lowest BCUT2D eigenvalue weighted by Gasteiger charge is -2.53. The summed E-state index contributed by atoms with van der Waals surface area (Å²) in [7, 11) is 0. The number of nitrogens with zero attached hydrogens (tertiary/aromatic N) is 4. The van der Waals surface area contributed by atoms with Gasteiger partial charge in [0.05, 0.1) is 24.6 Å². The topological polar surface area (TPSA) is 109 Å². The van der Waals surface area contributed by atoms with Gasteiger partial charge in [-0.1, -0.05) is 53.9 Å². The third-order valence-corrected chi connectivity index (χ3v) is 7.33. The molecule has 1 saturated heterocycles. The smallest absolute Gasteiger partial charge is 0.320 e. The molecule has 8 nitrogen and oxygen atoms in total. The Kier molecular flexibility index (Phi) is 16.6. The summed E-state index contributed by atoms with van der Waals surface area (Å²) in [5.41, 5.74) is 1.68. The Morgan fingerprint density at radius 1 is 1.05 bits per heavy atom. The first kappa shape index (κ1) is 41.8. The van der Waals surface area contributed by atoms with Gasteiger partial charge in [0.25, 0.3) is 0 Å². The number of alkyl halides is 4. The van der Waals surface area contributed by atoms with Gasteiger partial charge < -0.3 is 16.2 Å². The number of nitrogens with one attached hydrogen (secondary N) is 1. The number of unbranched alkanes of at least 4 members (excludes halogenated alkanes) is 2. The van der Waals surface area contributed by atoms with Crippen LogP contribution in [0, 0.1) is 31.1 Å². The minimum atomic E-state index is -3.58. The number of halogens is 4. The Morgan fingerprint density at radius 2 is 1.56 bits per heavy atom. The number of nitrogens with two attached hydrogens (primary N) is 1. The molecule has 1 aliphatic rings. The number of aliphatic hydroxyl groups is 1. The zero-order chi connectivity index (χ0) is 34.4. The van der Waals surface area contributed by atoms with Crippen LogP contribution in [0.5, 0.6) is 0 Å². The van der Waals surface area contributed by atoms with Gasteiger partial charge in [0, 0.05) is 12.0 Å². The number of carbonyl (C=O) groups is 1. The lowest BCUT2D eigenvalue weighted by molar-refractivity contribution is -0.275. The molecule has 0 saturated carbocycles. The molecule has 0 spiro atoms. The molecule has 0 bridgehead atoms. The predicted molar refractivity (Wildman–Crippen MR) is 164 cm³/mol. The van der Waals surface area contributed by atoms with Gasteiger partial charge in [0.1, 0.15) is 5.54 Å². The van der Waals surface area contributed by atoms with Crippen molar-refractivity contribution in [1.82, 2.24) is 24.8 Å². The highest BCUT2D eigenvalue weighted by Gasteiger charge is 2.67. The number of urea groups is 1. The van der Waals surface area contributed by atoms with Crippen molar-refractivity contribution in [3.05, 3.63) is 29.7 Å². The highest BCUT2D eigenvalue weighted by atomic mass is 19.3. The van der Waals surface area contributed by atoms with Crippen LogP contribution in [-0.2, 0) is 13.1 Å². The van der Waals surface area contributed by atoms with E-state index in [1.165, 1.54) is 43.8 Å². The van der Waals surface area contributed by atoms with Gasteiger partial charge in [-0.2, -0.15) is 13.9 Å². The first-order valence-corrected chi connectivity index (χ1v) is 14.0. The van der Waals surface area contributed by atoms with Crippen LogP contribution in [0.25, 0.3) is 5.65 Å². The highest BCUT2D eigenvalue weighted by molar-refractivity contribution is 5.77. The number of rotatable bonds is 7. The molecule has 0 aromatic carbocycles. The molecule has 43 heavy (non-hydrogen) atoms. The van der Waals surface area contributed by atoms with E-state index >= 15 is 0 Å². The first-order chi connectivity index (χ1) is 19.7. The molecule has 2 aromatic rings. The second kappa shape index (κ2) is 17.1. The van der Waals surface area contributed by atoms with E-state index in [-0.39, 0.29) is 13.1 Å². The fourth-order valence-electron chi connectivity index (χ4n) is 3.59. The van der Waals surface area contributed by atoms with E-state index in [4.69, 9.17) is 5.73 Å². The van der Waals surface area contributed by atoms with E-state index in [9.17, 15) is 27.5 Å². The summed E-state index contributed by atoms with van der Waals surface area (Å²) in [5.74, 6) is -6.13. The van der Waals surface area contributed by atoms with Crippen molar-refractivity contribution in [2.24, 2.45) is 11.1 Å². The lowest BCUT2D eigenvalue weighted by Crippen LogP contribution is -2.78. The SMILES string of the molecule is C#C.C#C.CC1(C)NC(=O)N(Cc2cnn3cc(CN)nc3c2)C(C)(O)C1(F)F.CCC(C)(C)C(C)(F)F.CCCCC. The van der Waals surface area contributed by atoms with Crippen LogP contribution >= 0.6 is 0 Å². The van der Waals surface area contributed by atoms with E-state index in [1.54, 1.807) is 33.0 Å². The number of terminal acetylenes is 2. The van der Waals surface area contributed by atoms with E-state index < -0.39 is 34.6 Å². The van der Waals surface area contributed by atoms with Crippen molar-refractivity contribution in [2.45, 2.75) is 124 Å². The van der Waals surface area contributed by atoms with Crippen LogP contribution < -0.4 is 11.1 Å². The van der Waals surface area contributed by atoms with Crippen molar-refractivity contribution in [1.29, 1.82) is 0 Å². The maximum atomic E-state index is 14.6. The quantitative estimate of drug-likeness (QED) is 0.240. The Balaban J connectivity index is 0. The predicted octanol–water partition coefficient (Wildman–Crippen LogP) is 6.61. The fraction of sp³-hybridized carbons (Fsp3) is 0.645. The molecule has 0 aliphatic carbocycles. The first-order valence-electron chi connectivity index (χ1n) is 14.0. The van der Waals surface area contributed by atoms with Crippen molar-refractivity contribution in [3.8, 4) is 25.7 Å². The monoisotopic (exact) mass is 614 g/mol. The summed E-state index contributed by atoms with van der Waals surface area (Å²) >= 11 is 0. The minimum absolute atomic E-state index is 0.239. The van der Waals surface area contributed by atoms with Crippen LogP contribution in [0.4, 0.5) is 22.4 Å². The molecular formula is C31H50F4N6O2. The standard InChI is InChI=1S/C15H20F2N6O2.C7H14F2.C5H12.2C2H2/c1-13(2)15(16,17)14(3,25)22(12(24)21-13)7-9-4-11-20-10(5-18)8-23(11)19-6-9;1-5-6(2,3)7(4,8)9;1-3-5-4-2;2*1-2/h4,6,8,25H,5,7,18H2,1-3H3,(H,21,24);5H2,1-4H3;3-5H2,1-2H3;2*1-2H. The van der Waals surface area contributed by atoms with Crippen LogP contribution in [0.3, 0.4) is 0 Å². The number of amides is 2. The van der Waals surface area contributed by atoms with Crippen LogP contribution in [0.2, 0.25) is 0 Å². The summed E-state index contributed by atoms with van der Waals surface area (Å²) in [5, 5.41) is 16.8. The highest BCUT2D eigenvalue weighted by Crippen LogP contribution is 2.44. The molecule has 1 aliphatic heterocycles. The van der Waals surface area contributed by atoms with Gasteiger partial charge in [-0.25, -0.2) is 23.1 Å². The number of carbonyl (C=O) groups excluding carboxylic acids is 1. The summed E-state index contributed by atoms with van der Waals surface area (Å²) in [4.78, 5) is 17.2. The summed E-state index contributed by atoms with van der Waals surface area (Å²) in [6.45, 7) is 13.6. The van der Waals surface area contributed by atoms with E-state index in [1.807, 2.05) is 0 Å². The molecule has 2 aromatic heterocycles. The molecular weight excluding hydrogens is 564 g/mol. The molecule has 4 N–H and O–H groups in total. The molecule has 3 heterocycles. The van der Waals surface area contributed by atoms with Crippen LogP contribution in [0.15, 0.2) is 18.5 Å². The summed E-state index contributed by atoms with van der Waals surface area (Å²) in [6, 6.07) is 0.819.